The molecule has 0 saturated carbocycles. The lowest BCUT2D eigenvalue weighted by atomic mass is 10.0. The number of nitrogens with one attached hydrogen (secondary N) is 1. The molecule has 0 aliphatic rings. The number of allylic oxidation sites excluding steroid dienone is 7. The summed E-state index contributed by atoms with van der Waals surface area (Å²) in [6, 6.07) is -0.643. The van der Waals surface area contributed by atoms with E-state index >= 15 is 0 Å². The molecule has 0 aromatic carbocycles. The molecule has 0 fully saturated rings. The highest BCUT2D eigenvalue weighted by atomic mass is 16.3. The van der Waals surface area contributed by atoms with Crippen molar-refractivity contribution in [2.45, 2.75) is 257 Å². The van der Waals surface area contributed by atoms with E-state index in [1.165, 1.54) is 186 Å². The zero-order chi connectivity index (χ0) is 39.3. The number of carbonyl (C=O) groups excluding carboxylic acids is 1. The first kappa shape index (κ1) is 52.3. The second kappa shape index (κ2) is 45.7. The van der Waals surface area contributed by atoms with Gasteiger partial charge in [0.1, 0.15) is 0 Å². The van der Waals surface area contributed by atoms with Crippen molar-refractivity contribution in [3.63, 3.8) is 0 Å². The van der Waals surface area contributed by atoms with Gasteiger partial charge >= 0.3 is 0 Å². The Morgan fingerprint density at radius 2 is 0.722 bits per heavy atom. The average molecular weight is 756 g/mol. The van der Waals surface area contributed by atoms with Crippen molar-refractivity contribution in [2.75, 3.05) is 6.61 Å². The minimum Gasteiger partial charge on any atom is -0.394 e. The highest BCUT2D eigenvalue weighted by molar-refractivity contribution is 5.76. The van der Waals surface area contributed by atoms with Crippen LogP contribution in [0.4, 0.5) is 0 Å². The van der Waals surface area contributed by atoms with E-state index in [1.807, 2.05) is 6.08 Å². The van der Waals surface area contributed by atoms with Crippen molar-refractivity contribution in [3.05, 3.63) is 48.6 Å². The number of carbonyl (C=O) groups is 1. The van der Waals surface area contributed by atoms with Crippen molar-refractivity contribution < 1.29 is 15.0 Å². The molecule has 0 rings (SSSR count). The SMILES string of the molecule is CCCCC/C=C/CC/C=C/CC/C=C/C(O)C(CO)NC(=O)CCCCCCCCCCCCCCCCCCC/C=C\CCCCCCCCCC. The first-order chi connectivity index (χ1) is 26.7. The van der Waals surface area contributed by atoms with E-state index in [1.54, 1.807) is 6.08 Å². The first-order valence-corrected chi connectivity index (χ1v) is 23.9. The van der Waals surface area contributed by atoms with Gasteiger partial charge in [0.15, 0.2) is 0 Å². The van der Waals surface area contributed by atoms with Crippen LogP contribution >= 0.6 is 0 Å². The van der Waals surface area contributed by atoms with Crippen LogP contribution in [0.2, 0.25) is 0 Å². The Kier molecular flexibility index (Phi) is 44.3. The molecular formula is C50H93NO3. The summed E-state index contributed by atoms with van der Waals surface area (Å²) in [6.07, 6.45) is 62.5. The molecule has 0 spiro atoms. The third kappa shape index (κ3) is 41.5. The molecule has 1 amide bonds. The normalized spacial score (nSPS) is 13.3. The molecule has 0 saturated heterocycles. The second-order valence-corrected chi connectivity index (χ2v) is 16.2. The number of unbranched alkanes of at least 4 members (excludes halogenated alkanes) is 30. The predicted molar refractivity (Wildman–Crippen MR) is 239 cm³/mol. The Hall–Kier alpha value is -1.65. The maximum atomic E-state index is 12.4. The average Bonchev–Trinajstić information content (AvgIpc) is 3.18. The van der Waals surface area contributed by atoms with Crippen LogP contribution in [0.3, 0.4) is 0 Å². The number of amides is 1. The Morgan fingerprint density at radius 3 is 1.11 bits per heavy atom. The van der Waals surface area contributed by atoms with Crippen LogP contribution in [-0.4, -0.2) is 34.9 Å². The van der Waals surface area contributed by atoms with Crippen LogP contribution < -0.4 is 5.32 Å². The standard InChI is InChI=1S/C50H93NO3/c1-3-5-7-9-11-13-15-17-18-19-20-21-22-23-24-25-26-27-28-29-30-31-32-34-36-38-40-42-44-46-50(54)51-48(47-52)49(53)45-43-41-39-37-35-33-16-14-12-10-8-6-4-2/h12,14,19-20,35,37,43,45,48-49,52-53H,3-11,13,15-18,21-34,36,38-42,44,46-47H2,1-2H3,(H,51,54)/b14-12+,20-19-,37-35+,45-43+. The summed E-state index contributed by atoms with van der Waals surface area (Å²) in [4.78, 5) is 12.4. The monoisotopic (exact) mass is 756 g/mol. The van der Waals surface area contributed by atoms with E-state index in [0.29, 0.717) is 6.42 Å². The third-order valence-corrected chi connectivity index (χ3v) is 10.8. The van der Waals surface area contributed by atoms with Gasteiger partial charge in [-0.05, 0) is 70.6 Å². The van der Waals surface area contributed by atoms with Crippen molar-refractivity contribution in [1.82, 2.24) is 5.32 Å². The number of hydrogen-bond donors (Lipinski definition) is 3. The molecule has 0 aromatic rings. The Bertz CT molecular complexity index is 862. The van der Waals surface area contributed by atoms with Gasteiger partial charge in [-0.1, -0.05) is 217 Å². The van der Waals surface area contributed by atoms with E-state index < -0.39 is 12.1 Å². The Labute approximate surface area is 337 Å². The molecule has 0 aromatic heterocycles. The molecule has 0 bridgehead atoms. The lowest BCUT2D eigenvalue weighted by molar-refractivity contribution is -0.123. The smallest absolute Gasteiger partial charge is 0.220 e. The molecule has 2 atom stereocenters. The minimum atomic E-state index is -0.868. The fraction of sp³-hybridized carbons (Fsp3) is 0.820. The van der Waals surface area contributed by atoms with Crippen molar-refractivity contribution in [1.29, 1.82) is 0 Å². The zero-order valence-corrected chi connectivity index (χ0v) is 36.2. The summed E-state index contributed by atoms with van der Waals surface area (Å²) < 4.78 is 0. The molecule has 0 radical (unpaired) electrons. The highest BCUT2D eigenvalue weighted by Crippen LogP contribution is 2.15. The van der Waals surface area contributed by atoms with E-state index in [0.717, 1.165) is 38.5 Å². The molecule has 54 heavy (non-hydrogen) atoms. The predicted octanol–water partition coefficient (Wildman–Crippen LogP) is 15.1. The zero-order valence-electron chi connectivity index (χ0n) is 36.2. The Balaban J connectivity index is 3.49. The van der Waals surface area contributed by atoms with E-state index in [4.69, 9.17) is 0 Å². The summed E-state index contributed by atoms with van der Waals surface area (Å²) in [5, 5.41) is 23.0. The van der Waals surface area contributed by atoms with Gasteiger partial charge in [0.05, 0.1) is 18.8 Å². The topological polar surface area (TPSA) is 69.6 Å². The molecule has 4 heteroatoms. The second-order valence-electron chi connectivity index (χ2n) is 16.2. The van der Waals surface area contributed by atoms with Gasteiger partial charge in [-0.25, -0.2) is 0 Å². The summed E-state index contributed by atoms with van der Waals surface area (Å²) in [5.41, 5.74) is 0. The molecule has 316 valence electrons. The van der Waals surface area contributed by atoms with Crippen LogP contribution in [0, 0.1) is 0 Å². The molecule has 4 nitrogen and oxygen atoms in total. The van der Waals surface area contributed by atoms with Gasteiger partial charge < -0.3 is 15.5 Å². The third-order valence-electron chi connectivity index (χ3n) is 10.8. The van der Waals surface area contributed by atoms with Crippen LogP contribution in [0.5, 0.6) is 0 Å². The van der Waals surface area contributed by atoms with Crippen molar-refractivity contribution in [3.8, 4) is 0 Å². The van der Waals surface area contributed by atoms with E-state index in [2.05, 4.69) is 55.6 Å². The maximum Gasteiger partial charge on any atom is 0.220 e. The molecule has 0 aliphatic heterocycles. The Morgan fingerprint density at radius 1 is 0.426 bits per heavy atom. The van der Waals surface area contributed by atoms with Crippen LogP contribution in [-0.2, 0) is 4.79 Å². The van der Waals surface area contributed by atoms with Gasteiger partial charge in [0.2, 0.25) is 5.91 Å². The minimum absolute atomic E-state index is 0.0773. The molecule has 0 heterocycles. The quantitative estimate of drug-likeness (QED) is 0.0429. The van der Waals surface area contributed by atoms with E-state index in [9.17, 15) is 15.0 Å². The molecule has 2 unspecified atom stereocenters. The van der Waals surface area contributed by atoms with Crippen LogP contribution in [0.15, 0.2) is 48.6 Å². The first-order valence-electron chi connectivity index (χ1n) is 23.9. The summed E-state index contributed by atoms with van der Waals surface area (Å²) in [7, 11) is 0. The number of aliphatic hydroxyl groups is 2. The summed E-state index contributed by atoms with van der Waals surface area (Å²) in [5.74, 6) is -0.0773. The van der Waals surface area contributed by atoms with Crippen LogP contribution in [0.1, 0.15) is 245 Å². The lowest BCUT2D eigenvalue weighted by Gasteiger charge is -2.19. The van der Waals surface area contributed by atoms with Crippen molar-refractivity contribution in [2.24, 2.45) is 0 Å². The fourth-order valence-electron chi connectivity index (χ4n) is 7.09. The molecular weight excluding hydrogens is 663 g/mol. The van der Waals surface area contributed by atoms with Crippen molar-refractivity contribution >= 4 is 5.91 Å². The maximum absolute atomic E-state index is 12.4. The van der Waals surface area contributed by atoms with Gasteiger partial charge in [-0.3, -0.25) is 4.79 Å². The van der Waals surface area contributed by atoms with Gasteiger partial charge in [-0.2, -0.15) is 0 Å². The largest absolute Gasteiger partial charge is 0.394 e. The summed E-state index contributed by atoms with van der Waals surface area (Å²) in [6.45, 7) is 4.26. The number of rotatable bonds is 43. The van der Waals surface area contributed by atoms with Crippen LogP contribution in [0.25, 0.3) is 0 Å². The lowest BCUT2D eigenvalue weighted by Crippen LogP contribution is -2.45. The van der Waals surface area contributed by atoms with Gasteiger partial charge in [-0.15, -0.1) is 0 Å². The number of aliphatic hydroxyl groups excluding tert-OH is 2. The molecule has 3 N–H and O–H groups in total. The fourth-order valence-corrected chi connectivity index (χ4v) is 7.09. The van der Waals surface area contributed by atoms with Gasteiger partial charge in [0, 0.05) is 6.42 Å². The summed E-state index contributed by atoms with van der Waals surface area (Å²) >= 11 is 0. The highest BCUT2D eigenvalue weighted by Gasteiger charge is 2.17. The number of hydrogen-bond acceptors (Lipinski definition) is 3. The van der Waals surface area contributed by atoms with E-state index in [-0.39, 0.29) is 12.5 Å². The van der Waals surface area contributed by atoms with Gasteiger partial charge in [0.25, 0.3) is 0 Å². The molecule has 0 aliphatic carbocycles.